The molecule has 0 radical (unpaired) electrons. The van der Waals surface area contributed by atoms with Gasteiger partial charge in [0, 0.05) is 48.2 Å². The molecule has 0 saturated carbocycles. The fourth-order valence-corrected chi connectivity index (χ4v) is 4.27. The summed E-state index contributed by atoms with van der Waals surface area (Å²) in [7, 11) is 0. The van der Waals surface area contributed by atoms with E-state index in [9.17, 15) is 4.79 Å². The number of rotatable bonds is 4. The van der Waals surface area contributed by atoms with Crippen molar-refractivity contribution >= 4 is 40.8 Å². The highest BCUT2D eigenvalue weighted by Gasteiger charge is 2.20. The minimum Gasteiger partial charge on any atom is -0.378 e. The summed E-state index contributed by atoms with van der Waals surface area (Å²) in [6.07, 6.45) is 4.33. The minimum atomic E-state index is 0.0240. The highest BCUT2D eigenvalue weighted by molar-refractivity contribution is 5.99. The van der Waals surface area contributed by atoms with E-state index >= 15 is 0 Å². The average molecular weight is 429 g/mol. The molecular weight excluding hydrogens is 406 g/mol. The number of carbonyl (C=O) groups is 1. The molecule has 2 aromatic carbocycles. The maximum Gasteiger partial charge on any atom is 0.247 e. The molecule has 3 aliphatic rings. The lowest BCUT2D eigenvalue weighted by Crippen LogP contribution is -2.36. The molecule has 3 aromatic rings. The summed E-state index contributed by atoms with van der Waals surface area (Å²) >= 11 is 0. The number of anilines is 5. The Morgan fingerprint density at radius 2 is 1.81 bits per heavy atom. The van der Waals surface area contributed by atoms with E-state index in [0.29, 0.717) is 18.9 Å². The van der Waals surface area contributed by atoms with Crippen molar-refractivity contribution in [2.45, 2.75) is 13.0 Å². The summed E-state index contributed by atoms with van der Waals surface area (Å²) in [6.45, 7) is 4.05. The van der Waals surface area contributed by atoms with E-state index in [2.05, 4.69) is 54.8 Å². The smallest absolute Gasteiger partial charge is 0.247 e. The molecule has 1 amide bonds. The largest absolute Gasteiger partial charge is 0.378 e. The van der Waals surface area contributed by atoms with Crippen LogP contribution in [0.2, 0.25) is 0 Å². The monoisotopic (exact) mass is 429 g/mol. The molecule has 1 saturated heterocycles. The molecule has 3 aliphatic heterocycles. The first-order valence-electron chi connectivity index (χ1n) is 10.7. The standard InChI is InChI=1S/C23H23N7O2/c31-22-14-16-13-17(1-6-20(16)25-22)24-23-26-21-15-29(7-8-30(21)27-23)19-4-2-18(3-5-19)28-9-11-32-12-10-28/h1-8,13H,9-12,14-15H2,(H,24,27)(H,25,31). The van der Waals surface area contributed by atoms with Crippen molar-refractivity contribution in [2.75, 3.05) is 46.7 Å². The van der Waals surface area contributed by atoms with Crippen LogP contribution in [-0.4, -0.2) is 47.0 Å². The Morgan fingerprint density at radius 1 is 1.00 bits per heavy atom. The predicted molar refractivity (Wildman–Crippen MR) is 123 cm³/mol. The third-order valence-electron chi connectivity index (χ3n) is 5.95. The van der Waals surface area contributed by atoms with Crippen LogP contribution in [0.5, 0.6) is 0 Å². The summed E-state index contributed by atoms with van der Waals surface area (Å²) in [5.74, 6) is 1.41. The van der Waals surface area contributed by atoms with Crippen LogP contribution in [0.3, 0.4) is 0 Å². The van der Waals surface area contributed by atoms with Crippen LogP contribution in [0, 0.1) is 0 Å². The molecule has 32 heavy (non-hydrogen) atoms. The number of fused-ring (bicyclic) bond motifs is 2. The van der Waals surface area contributed by atoms with E-state index in [0.717, 1.165) is 54.8 Å². The van der Waals surface area contributed by atoms with Crippen LogP contribution in [0.1, 0.15) is 11.4 Å². The normalized spacial score (nSPS) is 17.2. The number of nitrogens with zero attached hydrogens (tertiary/aromatic N) is 5. The fraction of sp³-hybridized carbons (Fsp3) is 0.261. The molecule has 1 fully saturated rings. The van der Waals surface area contributed by atoms with Gasteiger partial charge in [0.1, 0.15) is 0 Å². The van der Waals surface area contributed by atoms with Gasteiger partial charge in [0.25, 0.3) is 0 Å². The predicted octanol–water partition coefficient (Wildman–Crippen LogP) is 2.80. The van der Waals surface area contributed by atoms with Gasteiger partial charge >= 0.3 is 0 Å². The third-order valence-corrected chi connectivity index (χ3v) is 5.95. The maximum atomic E-state index is 11.6. The lowest BCUT2D eigenvalue weighted by Gasteiger charge is -2.29. The van der Waals surface area contributed by atoms with Crippen LogP contribution < -0.4 is 20.4 Å². The molecule has 9 heteroatoms. The van der Waals surface area contributed by atoms with E-state index in [1.807, 2.05) is 30.6 Å². The highest BCUT2D eigenvalue weighted by Crippen LogP contribution is 2.28. The number of hydrogen-bond donors (Lipinski definition) is 2. The SMILES string of the molecule is O=C1Cc2cc(Nc3nc4n(n3)C=CN(c3ccc(N5CCOCC5)cc3)C4)ccc2N1. The zero-order chi connectivity index (χ0) is 21.5. The maximum absolute atomic E-state index is 11.6. The van der Waals surface area contributed by atoms with Gasteiger partial charge in [0.2, 0.25) is 11.9 Å². The van der Waals surface area contributed by atoms with Crippen LogP contribution in [0.25, 0.3) is 6.20 Å². The van der Waals surface area contributed by atoms with Crippen LogP contribution in [0.4, 0.5) is 28.7 Å². The molecule has 162 valence electrons. The van der Waals surface area contributed by atoms with E-state index in [1.54, 1.807) is 4.68 Å². The van der Waals surface area contributed by atoms with Gasteiger partial charge in [-0.1, -0.05) is 0 Å². The summed E-state index contributed by atoms with van der Waals surface area (Å²) in [5, 5.41) is 10.6. The first-order valence-corrected chi connectivity index (χ1v) is 10.7. The van der Waals surface area contributed by atoms with Gasteiger partial charge in [-0.25, -0.2) is 4.68 Å². The lowest BCUT2D eigenvalue weighted by atomic mass is 10.1. The van der Waals surface area contributed by atoms with Crippen molar-refractivity contribution in [2.24, 2.45) is 0 Å². The number of morpholine rings is 1. The van der Waals surface area contributed by atoms with Gasteiger partial charge in [-0.3, -0.25) is 4.79 Å². The van der Waals surface area contributed by atoms with Crippen molar-refractivity contribution in [3.05, 3.63) is 60.1 Å². The van der Waals surface area contributed by atoms with Crippen molar-refractivity contribution in [1.82, 2.24) is 14.8 Å². The first-order chi connectivity index (χ1) is 15.7. The van der Waals surface area contributed by atoms with Crippen LogP contribution in [0.15, 0.2) is 48.7 Å². The van der Waals surface area contributed by atoms with Crippen LogP contribution >= 0.6 is 0 Å². The second-order valence-corrected chi connectivity index (χ2v) is 8.06. The molecule has 0 aliphatic carbocycles. The van der Waals surface area contributed by atoms with Crippen molar-refractivity contribution in [3.63, 3.8) is 0 Å². The molecule has 0 bridgehead atoms. The minimum absolute atomic E-state index is 0.0240. The Kier molecular flexibility index (Phi) is 4.53. The Bertz CT molecular complexity index is 1200. The van der Waals surface area contributed by atoms with Gasteiger partial charge in [-0.15, -0.1) is 5.10 Å². The zero-order valence-electron chi connectivity index (χ0n) is 17.5. The molecule has 2 N–H and O–H groups in total. The Labute approximate surface area is 185 Å². The van der Waals surface area contributed by atoms with E-state index < -0.39 is 0 Å². The summed E-state index contributed by atoms with van der Waals surface area (Å²) in [4.78, 5) is 20.7. The fourth-order valence-electron chi connectivity index (χ4n) is 4.27. The molecule has 1 aromatic heterocycles. The zero-order valence-corrected chi connectivity index (χ0v) is 17.5. The lowest BCUT2D eigenvalue weighted by molar-refractivity contribution is -0.115. The quantitative estimate of drug-likeness (QED) is 0.659. The number of hydrogen-bond acceptors (Lipinski definition) is 7. The summed E-state index contributed by atoms with van der Waals surface area (Å²) in [6, 6.07) is 14.4. The molecular formula is C23H23N7O2. The van der Waals surface area contributed by atoms with Crippen molar-refractivity contribution < 1.29 is 9.53 Å². The van der Waals surface area contributed by atoms with E-state index in [-0.39, 0.29) is 5.91 Å². The first kappa shape index (κ1) is 18.9. The van der Waals surface area contributed by atoms with Crippen molar-refractivity contribution in [1.29, 1.82) is 0 Å². The molecule has 9 nitrogen and oxygen atoms in total. The molecule has 4 heterocycles. The average Bonchev–Trinajstić information content (AvgIpc) is 3.40. The number of ether oxygens (including phenoxy) is 1. The Hall–Kier alpha value is -3.85. The van der Waals surface area contributed by atoms with Gasteiger partial charge in [-0.05, 0) is 48.0 Å². The second-order valence-electron chi connectivity index (χ2n) is 8.06. The van der Waals surface area contributed by atoms with Gasteiger partial charge in [-0.2, -0.15) is 4.98 Å². The van der Waals surface area contributed by atoms with Gasteiger partial charge < -0.3 is 25.2 Å². The van der Waals surface area contributed by atoms with Gasteiger partial charge in [0.15, 0.2) is 5.82 Å². The molecule has 0 unspecified atom stereocenters. The topological polar surface area (TPSA) is 87.6 Å². The molecule has 0 spiro atoms. The number of benzene rings is 2. The van der Waals surface area contributed by atoms with E-state index in [1.165, 1.54) is 5.69 Å². The number of nitrogens with one attached hydrogen (secondary N) is 2. The number of aromatic nitrogens is 3. The number of amides is 1. The summed E-state index contributed by atoms with van der Waals surface area (Å²) < 4.78 is 7.23. The Balaban J connectivity index is 1.15. The molecule has 6 rings (SSSR count). The third kappa shape index (κ3) is 3.56. The number of carbonyl (C=O) groups excluding carboxylic acids is 1. The van der Waals surface area contributed by atoms with Crippen LogP contribution in [-0.2, 0) is 22.5 Å². The molecule has 0 atom stereocenters. The van der Waals surface area contributed by atoms with Gasteiger partial charge in [0.05, 0.1) is 26.2 Å². The van der Waals surface area contributed by atoms with Crippen molar-refractivity contribution in [3.8, 4) is 0 Å². The second kappa shape index (κ2) is 7.69. The van der Waals surface area contributed by atoms with E-state index in [4.69, 9.17) is 4.74 Å². The highest BCUT2D eigenvalue weighted by atomic mass is 16.5. The summed E-state index contributed by atoms with van der Waals surface area (Å²) in [5.41, 5.74) is 5.05. The Morgan fingerprint density at radius 3 is 2.66 bits per heavy atom.